The van der Waals surface area contributed by atoms with Crippen molar-refractivity contribution in [2.75, 3.05) is 17.7 Å². The van der Waals surface area contributed by atoms with E-state index in [0.717, 1.165) is 42.7 Å². The molecule has 2 heterocycles. The number of nitrogens with one attached hydrogen (secondary N) is 3. The molecule has 0 saturated heterocycles. The summed E-state index contributed by atoms with van der Waals surface area (Å²) in [7, 11) is -2.28. The zero-order valence-corrected chi connectivity index (χ0v) is 20.0. The second-order valence-corrected chi connectivity index (χ2v) is 10.5. The van der Waals surface area contributed by atoms with Crippen molar-refractivity contribution in [1.82, 2.24) is 4.72 Å². The maximum Gasteiger partial charge on any atom is 0.256 e. The van der Waals surface area contributed by atoms with Gasteiger partial charge in [-0.1, -0.05) is 18.2 Å². The first-order valence-electron chi connectivity index (χ1n) is 11.4. The molecule has 0 fully saturated rings. The zero-order chi connectivity index (χ0) is 23.9. The SMILES string of the molecule is CNS(=O)(=O)c1ccc2c(c1)C(=Cc1oc3c(c1C(C)Nc1ccccc1)CCCC3)C(=O)N2. The number of fused-ring (bicyclic) bond motifs is 2. The number of rotatable bonds is 6. The quantitative estimate of drug-likeness (QED) is 0.446. The third kappa shape index (κ3) is 4.03. The fraction of sp³-hybridized carbons (Fsp3) is 0.269. The summed E-state index contributed by atoms with van der Waals surface area (Å²) in [6, 6.07) is 14.6. The van der Waals surface area contributed by atoms with Gasteiger partial charge in [-0.2, -0.15) is 0 Å². The Balaban J connectivity index is 1.60. The van der Waals surface area contributed by atoms with E-state index in [-0.39, 0.29) is 16.8 Å². The lowest BCUT2D eigenvalue weighted by Crippen LogP contribution is -2.18. The number of aryl methyl sites for hydroxylation is 1. The van der Waals surface area contributed by atoms with Crippen LogP contribution in [-0.2, 0) is 27.7 Å². The topological polar surface area (TPSA) is 100 Å². The summed E-state index contributed by atoms with van der Waals surface area (Å²) < 4.78 is 33.3. The van der Waals surface area contributed by atoms with Crippen molar-refractivity contribution in [3.05, 3.63) is 76.7 Å². The van der Waals surface area contributed by atoms with Crippen LogP contribution in [0.5, 0.6) is 0 Å². The van der Waals surface area contributed by atoms with E-state index in [0.29, 0.717) is 22.6 Å². The smallest absolute Gasteiger partial charge is 0.256 e. The number of furan rings is 1. The van der Waals surface area contributed by atoms with E-state index >= 15 is 0 Å². The highest BCUT2D eigenvalue weighted by Crippen LogP contribution is 2.40. The van der Waals surface area contributed by atoms with Crippen LogP contribution in [0.3, 0.4) is 0 Å². The van der Waals surface area contributed by atoms with Gasteiger partial charge in [0.1, 0.15) is 11.5 Å². The lowest BCUT2D eigenvalue weighted by molar-refractivity contribution is -0.110. The number of hydrogen-bond donors (Lipinski definition) is 3. The van der Waals surface area contributed by atoms with Crippen molar-refractivity contribution in [1.29, 1.82) is 0 Å². The molecule has 1 aliphatic heterocycles. The van der Waals surface area contributed by atoms with Crippen LogP contribution in [0, 0.1) is 0 Å². The van der Waals surface area contributed by atoms with Gasteiger partial charge in [-0.3, -0.25) is 4.79 Å². The molecule has 0 bridgehead atoms. The molecule has 0 spiro atoms. The van der Waals surface area contributed by atoms with Gasteiger partial charge in [-0.05, 0) is 75.2 Å². The summed E-state index contributed by atoms with van der Waals surface area (Å²) in [5.74, 6) is 1.33. The molecule has 34 heavy (non-hydrogen) atoms. The zero-order valence-electron chi connectivity index (χ0n) is 19.1. The molecule has 1 amide bonds. The van der Waals surface area contributed by atoms with Crippen molar-refractivity contribution in [3.63, 3.8) is 0 Å². The molecule has 1 aromatic heterocycles. The van der Waals surface area contributed by atoms with E-state index in [9.17, 15) is 13.2 Å². The summed E-state index contributed by atoms with van der Waals surface area (Å²) in [6.45, 7) is 2.09. The van der Waals surface area contributed by atoms with E-state index in [1.165, 1.54) is 24.7 Å². The number of carbonyl (C=O) groups is 1. The van der Waals surface area contributed by atoms with Gasteiger partial charge in [0.25, 0.3) is 5.91 Å². The molecule has 0 saturated carbocycles. The summed E-state index contributed by atoms with van der Waals surface area (Å²) in [4.78, 5) is 13.0. The third-order valence-corrected chi connectivity index (χ3v) is 7.87. The van der Waals surface area contributed by atoms with Crippen LogP contribution in [0.25, 0.3) is 11.6 Å². The minimum Gasteiger partial charge on any atom is -0.461 e. The second kappa shape index (κ2) is 8.77. The first kappa shape index (κ1) is 22.4. The van der Waals surface area contributed by atoms with E-state index in [1.807, 2.05) is 30.3 Å². The molecule has 2 aromatic carbocycles. The van der Waals surface area contributed by atoms with Crippen LogP contribution in [0.15, 0.2) is 57.8 Å². The fourth-order valence-corrected chi connectivity index (χ4v) is 5.53. The van der Waals surface area contributed by atoms with Gasteiger partial charge in [0.05, 0.1) is 16.5 Å². The number of amides is 1. The third-order valence-electron chi connectivity index (χ3n) is 6.46. The first-order valence-corrected chi connectivity index (χ1v) is 12.9. The molecule has 176 valence electrons. The number of para-hydroxylation sites is 1. The van der Waals surface area contributed by atoms with Crippen LogP contribution in [0.1, 0.15) is 54.0 Å². The Labute approximate surface area is 199 Å². The van der Waals surface area contributed by atoms with Crippen LogP contribution >= 0.6 is 0 Å². The lowest BCUT2D eigenvalue weighted by Gasteiger charge is -2.18. The van der Waals surface area contributed by atoms with Crippen LogP contribution < -0.4 is 15.4 Å². The first-order chi connectivity index (χ1) is 16.4. The second-order valence-electron chi connectivity index (χ2n) is 8.65. The number of anilines is 2. The largest absolute Gasteiger partial charge is 0.461 e. The number of sulfonamides is 1. The van der Waals surface area contributed by atoms with Gasteiger partial charge in [0, 0.05) is 28.9 Å². The normalized spacial score (nSPS) is 17.2. The van der Waals surface area contributed by atoms with Crippen LogP contribution in [0.4, 0.5) is 11.4 Å². The number of hydrogen-bond acceptors (Lipinski definition) is 5. The van der Waals surface area contributed by atoms with Gasteiger partial charge < -0.3 is 15.1 Å². The summed E-state index contributed by atoms with van der Waals surface area (Å²) in [5, 5.41) is 6.38. The Morgan fingerprint density at radius 1 is 1.09 bits per heavy atom. The molecule has 7 nitrogen and oxygen atoms in total. The molecule has 3 aromatic rings. The number of carbonyl (C=O) groups excluding carboxylic acids is 1. The molecule has 1 aliphatic carbocycles. The highest BCUT2D eigenvalue weighted by Gasteiger charge is 2.30. The fourth-order valence-electron chi connectivity index (χ4n) is 4.78. The average Bonchev–Trinajstić information content (AvgIpc) is 3.36. The van der Waals surface area contributed by atoms with Crippen molar-refractivity contribution < 1.29 is 17.6 Å². The maximum atomic E-state index is 12.9. The molecule has 5 rings (SSSR count). The molecular formula is C26H27N3O4S. The molecule has 8 heteroatoms. The van der Waals surface area contributed by atoms with Gasteiger partial charge >= 0.3 is 0 Å². The van der Waals surface area contributed by atoms with Gasteiger partial charge in [0.15, 0.2) is 0 Å². The lowest BCUT2D eigenvalue weighted by atomic mass is 9.91. The molecule has 1 atom stereocenters. The van der Waals surface area contributed by atoms with Gasteiger partial charge in [-0.25, -0.2) is 13.1 Å². The average molecular weight is 478 g/mol. The summed E-state index contributed by atoms with van der Waals surface area (Å²) in [6.07, 6.45) is 5.74. The molecule has 0 radical (unpaired) electrons. The Kier molecular flexibility index (Phi) is 5.79. The maximum absolute atomic E-state index is 12.9. The molecule has 2 aliphatic rings. The van der Waals surface area contributed by atoms with Crippen LogP contribution in [-0.4, -0.2) is 21.4 Å². The van der Waals surface area contributed by atoms with Crippen molar-refractivity contribution in [3.8, 4) is 0 Å². The van der Waals surface area contributed by atoms with E-state index in [4.69, 9.17) is 4.42 Å². The van der Waals surface area contributed by atoms with E-state index in [2.05, 4.69) is 22.3 Å². The van der Waals surface area contributed by atoms with E-state index < -0.39 is 10.0 Å². The van der Waals surface area contributed by atoms with Crippen molar-refractivity contribution in [2.45, 2.75) is 43.5 Å². The minimum absolute atomic E-state index is 0.0419. The Morgan fingerprint density at radius 3 is 2.62 bits per heavy atom. The van der Waals surface area contributed by atoms with E-state index in [1.54, 1.807) is 12.1 Å². The highest BCUT2D eigenvalue weighted by molar-refractivity contribution is 7.89. The Morgan fingerprint density at radius 2 is 1.85 bits per heavy atom. The van der Waals surface area contributed by atoms with Crippen LogP contribution in [0.2, 0.25) is 0 Å². The minimum atomic E-state index is -3.64. The standard InChI is InChI=1S/C26H27N3O4S/c1-16(28-17-8-4-3-5-9-17)25-19-10-6-7-11-23(19)33-24(25)15-21-20-14-18(34(31,32)27-2)12-13-22(20)29-26(21)30/h3-5,8-9,12-16,27-28H,6-7,10-11H2,1-2H3,(H,29,30). The van der Waals surface area contributed by atoms with Crippen molar-refractivity contribution >= 4 is 39.0 Å². The summed E-state index contributed by atoms with van der Waals surface area (Å²) >= 11 is 0. The molecular weight excluding hydrogens is 450 g/mol. The Bertz CT molecular complexity index is 1390. The predicted octanol–water partition coefficient (Wildman–Crippen LogP) is 4.73. The van der Waals surface area contributed by atoms with Gasteiger partial charge in [0.2, 0.25) is 10.0 Å². The van der Waals surface area contributed by atoms with Crippen molar-refractivity contribution in [2.24, 2.45) is 0 Å². The monoisotopic (exact) mass is 477 g/mol. The summed E-state index contributed by atoms with van der Waals surface area (Å²) in [5.41, 5.74) is 4.78. The molecule has 1 unspecified atom stereocenters. The van der Waals surface area contributed by atoms with Gasteiger partial charge in [-0.15, -0.1) is 0 Å². The highest BCUT2D eigenvalue weighted by atomic mass is 32.2. The number of benzene rings is 2. The molecule has 3 N–H and O–H groups in total. The Hall–Kier alpha value is -3.36. The predicted molar refractivity (Wildman–Crippen MR) is 133 cm³/mol.